The molecule has 1 rings (SSSR count). The van der Waals surface area contributed by atoms with Crippen LogP contribution in [0.1, 0.15) is 39.4 Å². The van der Waals surface area contributed by atoms with Crippen LogP contribution >= 0.6 is 0 Å². The molecule has 0 saturated heterocycles. The molecule has 0 aromatic carbocycles. The normalized spacial score (nSPS) is 10.9. The second kappa shape index (κ2) is 5.68. The van der Waals surface area contributed by atoms with E-state index in [1.54, 1.807) is 0 Å². The topological polar surface area (TPSA) is 47.0 Å². The highest BCUT2D eigenvalue weighted by Gasteiger charge is 2.08. The van der Waals surface area contributed by atoms with Gasteiger partial charge in [-0.15, -0.1) is 0 Å². The first-order valence-electron chi connectivity index (χ1n) is 5.72. The second-order valence-corrected chi connectivity index (χ2v) is 4.56. The minimum atomic E-state index is 0.301. The van der Waals surface area contributed by atoms with Crippen molar-refractivity contribution in [3.05, 3.63) is 11.9 Å². The van der Waals surface area contributed by atoms with Gasteiger partial charge in [-0.25, -0.2) is 4.98 Å². The molecule has 1 heterocycles. The van der Waals surface area contributed by atoms with E-state index >= 15 is 0 Å². The van der Waals surface area contributed by atoms with E-state index in [-0.39, 0.29) is 0 Å². The van der Waals surface area contributed by atoms with Gasteiger partial charge in [0.25, 0.3) is 0 Å². The fourth-order valence-corrected chi connectivity index (χ4v) is 1.16. The van der Waals surface area contributed by atoms with Crippen LogP contribution in [-0.4, -0.2) is 23.6 Å². The van der Waals surface area contributed by atoms with Crippen LogP contribution in [0.5, 0.6) is 5.88 Å². The van der Waals surface area contributed by atoms with E-state index < -0.39 is 0 Å². The van der Waals surface area contributed by atoms with Gasteiger partial charge >= 0.3 is 0 Å². The Labute approximate surface area is 97.5 Å². The lowest BCUT2D eigenvalue weighted by Gasteiger charge is -2.12. The molecule has 0 aliphatic rings. The number of rotatable bonds is 5. The summed E-state index contributed by atoms with van der Waals surface area (Å²) in [6, 6.07) is 1.83. The van der Waals surface area contributed by atoms with E-state index in [9.17, 15) is 0 Å². The summed E-state index contributed by atoms with van der Waals surface area (Å²) in [5, 5.41) is 3.02. The number of nitrogens with zero attached hydrogens (tertiary/aromatic N) is 2. The third-order valence-corrected chi connectivity index (χ3v) is 2.06. The van der Waals surface area contributed by atoms with Gasteiger partial charge in [0.05, 0.1) is 6.61 Å². The van der Waals surface area contributed by atoms with Crippen LogP contribution in [0.25, 0.3) is 0 Å². The lowest BCUT2D eigenvalue weighted by molar-refractivity contribution is 0.260. The molecule has 0 atom stereocenters. The lowest BCUT2D eigenvalue weighted by atomic mass is 10.2. The summed E-state index contributed by atoms with van der Waals surface area (Å²) in [5.41, 5.74) is 0. The molecule has 0 aliphatic heterocycles. The summed E-state index contributed by atoms with van der Waals surface area (Å²) >= 11 is 0. The molecule has 4 nitrogen and oxygen atoms in total. The Morgan fingerprint density at radius 3 is 2.44 bits per heavy atom. The minimum absolute atomic E-state index is 0.301. The SMILES string of the molecule is CNc1cc(OCC(C)C)nc(C(C)C)n1. The molecule has 1 aromatic heterocycles. The van der Waals surface area contributed by atoms with Crippen molar-refractivity contribution in [2.24, 2.45) is 5.92 Å². The van der Waals surface area contributed by atoms with Crippen molar-refractivity contribution < 1.29 is 4.74 Å². The Hall–Kier alpha value is -1.32. The summed E-state index contributed by atoms with van der Waals surface area (Å²) in [6.45, 7) is 9.05. The summed E-state index contributed by atoms with van der Waals surface area (Å²) in [6.07, 6.45) is 0. The van der Waals surface area contributed by atoms with Crippen molar-refractivity contribution in [3.63, 3.8) is 0 Å². The molecule has 0 aliphatic carbocycles. The summed E-state index contributed by atoms with van der Waals surface area (Å²) in [4.78, 5) is 8.76. The Morgan fingerprint density at radius 1 is 1.25 bits per heavy atom. The van der Waals surface area contributed by atoms with Gasteiger partial charge in [0.2, 0.25) is 5.88 Å². The van der Waals surface area contributed by atoms with E-state index in [1.165, 1.54) is 0 Å². The van der Waals surface area contributed by atoms with Crippen LogP contribution in [0.2, 0.25) is 0 Å². The monoisotopic (exact) mass is 223 g/mol. The quantitative estimate of drug-likeness (QED) is 0.833. The molecule has 0 radical (unpaired) electrons. The Balaban J connectivity index is 2.86. The largest absolute Gasteiger partial charge is 0.477 e. The van der Waals surface area contributed by atoms with E-state index in [0.717, 1.165) is 11.6 Å². The molecule has 0 spiro atoms. The molecule has 4 heteroatoms. The maximum Gasteiger partial charge on any atom is 0.218 e. The zero-order valence-corrected chi connectivity index (χ0v) is 10.7. The highest BCUT2D eigenvalue weighted by molar-refractivity contribution is 5.38. The molecule has 1 N–H and O–H groups in total. The van der Waals surface area contributed by atoms with Gasteiger partial charge in [0.1, 0.15) is 11.6 Å². The number of hydrogen-bond donors (Lipinski definition) is 1. The molecule has 0 unspecified atom stereocenters. The van der Waals surface area contributed by atoms with Gasteiger partial charge in [-0.2, -0.15) is 4.98 Å². The molecule has 0 amide bonds. The molecule has 16 heavy (non-hydrogen) atoms. The molecular weight excluding hydrogens is 202 g/mol. The van der Waals surface area contributed by atoms with Crippen molar-refractivity contribution in [1.29, 1.82) is 0 Å². The van der Waals surface area contributed by atoms with Crippen LogP contribution in [0.15, 0.2) is 6.07 Å². The smallest absolute Gasteiger partial charge is 0.218 e. The highest BCUT2D eigenvalue weighted by atomic mass is 16.5. The second-order valence-electron chi connectivity index (χ2n) is 4.56. The van der Waals surface area contributed by atoms with Crippen LogP contribution in [0.3, 0.4) is 0 Å². The van der Waals surface area contributed by atoms with Gasteiger partial charge in [0.15, 0.2) is 0 Å². The van der Waals surface area contributed by atoms with Gasteiger partial charge in [-0.3, -0.25) is 0 Å². The van der Waals surface area contributed by atoms with Crippen LogP contribution in [0, 0.1) is 5.92 Å². The number of aromatic nitrogens is 2. The van der Waals surface area contributed by atoms with Gasteiger partial charge in [-0.05, 0) is 5.92 Å². The fourth-order valence-electron chi connectivity index (χ4n) is 1.16. The molecule has 90 valence electrons. The van der Waals surface area contributed by atoms with Gasteiger partial charge < -0.3 is 10.1 Å². The van der Waals surface area contributed by atoms with Crippen LogP contribution in [0.4, 0.5) is 5.82 Å². The highest BCUT2D eigenvalue weighted by Crippen LogP contribution is 2.18. The van der Waals surface area contributed by atoms with E-state index in [4.69, 9.17) is 4.74 Å². The summed E-state index contributed by atoms with van der Waals surface area (Å²) < 4.78 is 5.61. The van der Waals surface area contributed by atoms with Crippen molar-refractivity contribution >= 4 is 5.82 Å². The maximum absolute atomic E-state index is 5.61. The van der Waals surface area contributed by atoms with Crippen molar-refractivity contribution in [1.82, 2.24) is 9.97 Å². The first-order valence-corrected chi connectivity index (χ1v) is 5.72. The zero-order valence-electron chi connectivity index (χ0n) is 10.7. The maximum atomic E-state index is 5.61. The molecule has 0 bridgehead atoms. The average Bonchev–Trinajstić information content (AvgIpc) is 2.25. The molecule has 0 fully saturated rings. The average molecular weight is 223 g/mol. The Kier molecular flexibility index (Phi) is 4.52. The van der Waals surface area contributed by atoms with Crippen molar-refractivity contribution in [3.8, 4) is 5.88 Å². The van der Waals surface area contributed by atoms with Crippen LogP contribution < -0.4 is 10.1 Å². The third kappa shape index (κ3) is 3.68. The summed E-state index contributed by atoms with van der Waals surface area (Å²) in [7, 11) is 1.85. The predicted molar refractivity (Wildman–Crippen MR) is 66.0 cm³/mol. The van der Waals surface area contributed by atoms with Crippen molar-refractivity contribution in [2.45, 2.75) is 33.6 Å². The Morgan fingerprint density at radius 2 is 1.94 bits per heavy atom. The number of anilines is 1. The summed E-state index contributed by atoms with van der Waals surface area (Å²) in [5.74, 6) is 3.06. The van der Waals surface area contributed by atoms with E-state index in [2.05, 4.69) is 43.0 Å². The molecular formula is C12H21N3O. The zero-order chi connectivity index (χ0) is 12.1. The number of hydrogen-bond acceptors (Lipinski definition) is 4. The standard InChI is InChI=1S/C12H21N3O/c1-8(2)7-16-11-6-10(13-5)14-12(15-11)9(3)4/h6,8-9H,7H2,1-5H3,(H,13,14,15). The molecule has 1 aromatic rings. The number of ether oxygens (including phenoxy) is 1. The van der Waals surface area contributed by atoms with E-state index in [0.29, 0.717) is 24.3 Å². The number of nitrogens with one attached hydrogen (secondary N) is 1. The van der Waals surface area contributed by atoms with Crippen LogP contribution in [-0.2, 0) is 0 Å². The molecule has 0 saturated carbocycles. The predicted octanol–water partition coefficient (Wildman–Crippen LogP) is 2.68. The first kappa shape index (κ1) is 12.7. The fraction of sp³-hybridized carbons (Fsp3) is 0.667. The lowest BCUT2D eigenvalue weighted by Crippen LogP contribution is -2.09. The minimum Gasteiger partial charge on any atom is -0.477 e. The van der Waals surface area contributed by atoms with Gasteiger partial charge in [0, 0.05) is 19.0 Å². The third-order valence-electron chi connectivity index (χ3n) is 2.06. The van der Waals surface area contributed by atoms with Gasteiger partial charge in [-0.1, -0.05) is 27.7 Å². The van der Waals surface area contributed by atoms with E-state index in [1.807, 2.05) is 13.1 Å². The van der Waals surface area contributed by atoms with Crippen molar-refractivity contribution in [2.75, 3.05) is 19.0 Å². The first-order chi connectivity index (χ1) is 7.52. The Bertz CT molecular complexity index is 337.